The maximum absolute atomic E-state index is 12.6. The Morgan fingerprint density at radius 2 is 2.08 bits per heavy atom. The first-order valence-corrected chi connectivity index (χ1v) is 8.50. The van der Waals surface area contributed by atoms with Gasteiger partial charge in [0.1, 0.15) is 5.56 Å². The zero-order valence-corrected chi connectivity index (χ0v) is 14.4. The lowest BCUT2D eigenvalue weighted by Gasteiger charge is -2.10. The number of rotatable bonds is 5. The molecule has 7 nitrogen and oxygen atoms in total. The van der Waals surface area contributed by atoms with Gasteiger partial charge in [0.05, 0.1) is 24.2 Å². The summed E-state index contributed by atoms with van der Waals surface area (Å²) in [5.41, 5.74) is 0.990. The third-order valence-corrected chi connectivity index (χ3v) is 4.18. The summed E-state index contributed by atoms with van der Waals surface area (Å²) in [5.74, 6) is -0.575. The summed E-state index contributed by atoms with van der Waals surface area (Å²) < 4.78 is 5.11. The first-order chi connectivity index (χ1) is 12.1. The van der Waals surface area contributed by atoms with Crippen LogP contribution in [0.5, 0.6) is 0 Å². The highest BCUT2D eigenvalue weighted by molar-refractivity contribution is 7.03. The van der Waals surface area contributed by atoms with Gasteiger partial charge in [-0.15, -0.1) is 0 Å². The van der Waals surface area contributed by atoms with Crippen LogP contribution in [0.4, 0.5) is 0 Å². The topological polar surface area (TPSA) is 97.1 Å². The predicted molar refractivity (Wildman–Crippen MR) is 95.4 cm³/mol. The lowest BCUT2D eigenvalue weighted by molar-refractivity contribution is 0.0942. The number of aliphatic hydroxyl groups excluding tert-OH is 1. The van der Waals surface area contributed by atoms with Crippen LogP contribution in [0.2, 0.25) is 5.02 Å². The Bertz CT molecular complexity index is 939. The fraction of sp³-hybridized carbons (Fsp3) is 0.125. The van der Waals surface area contributed by atoms with Gasteiger partial charge in [0.2, 0.25) is 0 Å². The van der Waals surface area contributed by atoms with E-state index < -0.39 is 11.5 Å². The number of halogens is 1. The third kappa shape index (κ3) is 3.76. The predicted octanol–water partition coefficient (Wildman–Crippen LogP) is 1.73. The Hall–Kier alpha value is -2.55. The molecule has 0 atom stereocenters. The number of hydrogen-bond donors (Lipinski definition) is 2. The number of aromatic nitrogens is 3. The molecule has 0 unspecified atom stereocenters. The summed E-state index contributed by atoms with van der Waals surface area (Å²) in [5, 5.41) is 17.9. The Morgan fingerprint density at radius 3 is 2.72 bits per heavy atom. The minimum absolute atomic E-state index is 0.0525. The van der Waals surface area contributed by atoms with Crippen LogP contribution in [-0.2, 0) is 0 Å². The first-order valence-electron chi connectivity index (χ1n) is 7.29. The second kappa shape index (κ2) is 7.56. The SMILES string of the molecule is O=C(NCCO)c1cc(-c2ccc(Cl)cc2)nn(-c2cnsc2)c1=O. The van der Waals surface area contributed by atoms with Crippen LogP contribution in [-0.4, -0.2) is 38.3 Å². The summed E-state index contributed by atoms with van der Waals surface area (Å²) in [7, 11) is 0. The highest BCUT2D eigenvalue weighted by Gasteiger charge is 2.17. The van der Waals surface area contributed by atoms with Crippen molar-refractivity contribution >= 4 is 29.0 Å². The largest absolute Gasteiger partial charge is 0.395 e. The van der Waals surface area contributed by atoms with E-state index in [4.69, 9.17) is 16.7 Å². The molecule has 0 saturated heterocycles. The molecular formula is C16H13ClN4O3S. The van der Waals surface area contributed by atoms with Crippen LogP contribution in [0.25, 0.3) is 16.9 Å². The van der Waals surface area contributed by atoms with Gasteiger partial charge in [-0.1, -0.05) is 23.7 Å². The van der Waals surface area contributed by atoms with Crippen LogP contribution < -0.4 is 10.9 Å². The molecule has 2 heterocycles. The van der Waals surface area contributed by atoms with Crippen molar-refractivity contribution in [2.45, 2.75) is 0 Å². The number of carbonyl (C=O) groups is 1. The molecule has 25 heavy (non-hydrogen) atoms. The lowest BCUT2D eigenvalue weighted by Crippen LogP contribution is -2.35. The molecule has 3 rings (SSSR count). The van der Waals surface area contributed by atoms with E-state index in [0.29, 0.717) is 22.0 Å². The Balaban J connectivity index is 2.15. The normalized spacial score (nSPS) is 10.6. The van der Waals surface area contributed by atoms with Crippen LogP contribution in [0.15, 0.2) is 46.7 Å². The van der Waals surface area contributed by atoms with Gasteiger partial charge in [-0.3, -0.25) is 9.59 Å². The molecule has 0 fully saturated rings. The Labute approximate surface area is 151 Å². The van der Waals surface area contributed by atoms with Crippen molar-refractivity contribution < 1.29 is 9.90 Å². The molecule has 1 aromatic carbocycles. The van der Waals surface area contributed by atoms with Crippen molar-refractivity contribution in [1.82, 2.24) is 19.5 Å². The van der Waals surface area contributed by atoms with Crippen molar-refractivity contribution in [3.8, 4) is 16.9 Å². The molecule has 0 saturated carbocycles. The molecule has 0 aliphatic rings. The molecule has 0 bridgehead atoms. The number of amides is 1. The van der Waals surface area contributed by atoms with E-state index >= 15 is 0 Å². The molecular weight excluding hydrogens is 364 g/mol. The summed E-state index contributed by atoms with van der Waals surface area (Å²) in [6.07, 6.45) is 1.50. The maximum Gasteiger partial charge on any atom is 0.284 e. The fourth-order valence-corrected chi connectivity index (χ4v) is 2.79. The zero-order valence-electron chi connectivity index (χ0n) is 12.8. The van der Waals surface area contributed by atoms with E-state index in [1.165, 1.54) is 23.8 Å². The quantitative estimate of drug-likeness (QED) is 0.706. The lowest BCUT2D eigenvalue weighted by atomic mass is 10.1. The Kier molecular flexibility index (Phi) is 5.22. The van der Waals surface area contributed by atoms with E-state index in [9.17, 15) is 9.59 Å². The van der Waals surface area contributed by atoms with E-state index in [0.717, 1.165) is 4.68 Å². The highest BCUT2D eigenvalue weighted by atomic mass is 35.5. The summed E-state index contributed by atoms with van der Waals surface area (Å²) >= 11 is 7.08. The zero-order chi connectivity index (χ0) is 17.8. The van der Waals surface area contributed by atoms with Gasteiger partial charge in [-0.05, 0) is 29.7 Å². The molecule has 2 aromatic heterocycles. The molecule has 2 N–H and O–H groups in total. The fourth-order valence-electron chi connectivity index (χ4n) is 2.16. The van der Waals surface area contributed by atoms with Crippen molar-refractivity contribution in [2.24, 2.45) is 0 Å². The molecule has 0 spiro atoms. The second-order valence-corrected chi connectivity index (χ2v) is 6.12. The van der Waals surface area contributed by atoms with Crippen LogP contribution in [0, 0.1) is 0 Å². The molecule has 0 aliphatic heterocycles. The highest BCUT2D eigenvalue weighted by Crippen LogP contribution is 2.20. The molecule has 128 valence electrons. The average Bonchev–Trinajstić information content (AvgIpc) is 3.15. The van der Waals surface area contributed by atoms with Crippen LogP contribution in [0.1, 0.15) is 10.4 Å². The van der Waals surface area contributed by atoms with Crippen LogP contribution >= 0.6 is 23.1 Å². The second-order valence-electron chi connectivity index (χ2n) is 5.03. The summed E-state index contributed by atoms with van der Waals surface area (Å²) in [4.78, 5) is 24.9. The monoisotopic (exact) mass is 376 g/mol. The van der Waals surface area contributed by atoms with Crippen molar-refractivity contribution in [1.29, 1.82) is 0 Å². The number of nitrogens with one attached hydrogen (secondary N) is 1. The van der Waals surface area contributed by atoms with Crippen molar-refractivity contribution in [3.05, 3.63) is 62.8 Å². The van der Waals surface area contributed by atoms with E-state index in [2.05, 4.69) is 14.8 Å². The standard InChI is InChI=1S/C16H13ClN4O3S/c17-11-3-1-10(2-4-11)14-7-13(15(23)18-5-6-22)16(24)21(20-14)12-8-19-25-9-12/h1-4,7-9,22H,5-6H2,(H,18,23). The number of carbonyl (C=O) groups excluding carboxylic acids is 1. The minimum atomic E-state index is -0.575. The Morgan fingerprint density at radius 1 is 1.32 bits per heavy atom. The van der Waals surface area contributed by atoms with Gasteiger partial charge in [0, 0.05) is 22.5 Å². The van der Waals surface area contributed by atoms with Crippen molar-refractivity contribution in [3.63, 3.8) is 0 Å². The van der Waals surface area contributed by atoms with Crippen molar-refractivity contribution in [2.75, 3.05) is 13.2 Å². The minimum Gasteiger partial charge on any atom is -0.395 e. The van der Waals surface area contributed by atoms with Gasteiger partial charge in [0.25, 0.3) is 11.5 Å². The maximum atomic E-state index is 12.6. The molecule has 3 aromatic rings. The smallest absolute Gasteiger partial charge is 0.284 e. The van der Waals surface area contributed by atoms with Crippen LogP contribution in [0.3, 0.4) is 0 Å². The number of nitrogens with zero attached hydrogens (tertiary/aromatic N) is 3. The number of hydrogen-bond acceptors (Lipinski definition) is 6. The molecule has 1 amide bonds. The van der Waals surface area contributed by atoms with Gasteiger partial charge in [-0.25, -0.2) is 0 Å². The first kappa shape index (κ1) is 17.3. The summed E-state index contributed by atoms with van der Waals surface area (Å²) in [6, 6.07) is 8.33. The third-order valence-electron chi connectivity index (χ3n) is 3.36. The van der Waals surface area contributed by atoms with E-state index in [-0.39, 0.29) is 18.7 Å². The molecule has 0 aliphatic carbocycles. The number of benzene rings is 1. The van der Waals surface area contributed by atoms with E-state index in [1.54, 1.807) is 29.6 Å². The van der Waals surface area contributed by atoms with Gasteiger partial charge >= 0.3 is 0 Å². The molecule has 0 radical (unpaired) electrons. The van der Waals surface area contributed by atoms with Gasteiger partial charge in [0.15, 0.2) is 0 Å². The van der Waals surface area contributed by atoms with E-state index in [1.807, 2.05) is 0 Å². The van der Waals surface area contributed by atoms with Gasteiger partial charge < -0.3 is 10.4 Å². The summed E-state index contributed by atoms with van der Waals surface area (Å²) in [6.45, 7) is -0.166. The van der Waals surface area contributed by atoms with Gasteiger partial charge in [-0.2, -0.15) is 14.2 Å². The average molecular weight is 377 g/mol. The number of aliphatic hydroxyl groups is 1. The molecule has 9 heteroatoms.